The Kier molecular flexibility index (Phi) is 7.71. The molecule has 6 heteroatoms. The average Bonchev–Trinajstić information content (AvgIpc) is 2.72. The van der Waals surface area contributed by atoms with Crippen molar-refractivity contribution in [2.75, 3.05) is 31.7 Å². The lowest BCUT2D eigenvalue weighted by atomic mass is 10.3. The second-order valence-electron chi connectivity index (χ2n) is 5.88. The zero-order valence-electron chi connectivity index (χ0n) is 15.2. The maximum absolute atomic E-state index is 6.08. The van der Waals surface area contributed by atoms with E-state index in [0.717, 1.165) is 17.2 Å². The van der Waals surface area contributed by atoms with E-state index in [1.807, 2.05) is 54.6 Å². The number of hydrogen-bond donors (Lipinski definition) is 1. The highest BCUT2D eigenvalue weighted by Crippen LogP contribution is 2.27. The molecule has 0 saturated carbocycles. The first-order valence-corrected chi connectivity index (χ1v) is 9.69. The minimum Gasteiger partial charge on any atom is -0.490 e. The van der Waals surface area contributed by atoms with E-state index in [0.29, 0.717) is 42.2 Å². The van der Waals surface area contributed by atoms with Gasteiger partial charge in [-0.25, -0.2) is 0 Å². The molecule has 0 fully saturated rings. The van der Waals surface area contributed by atoms with E-state index >= 15 is 0 Å². The van der Waals surface area contributed by atoms with Gasteiger partial charge in [-0.3, -0.25) is 0 Å². The fourth-order valence-electron chi connectivity index (χ4n) is 2.45. The zero-order valence-corrected chi connectivity index (χ0v) is 16.7. The summed E-state index contributed by atoms with van der Waals surface area (Å²) in [7, 11) is 0. The van der Waals surface area contributed by atoms with Crippen LogP contribution in [0, 0.1) is 0 Å². The van der Waals surface area contributed by atoms with Crippen molar-refractivity contribution in [3.05, 3.63) is 82.8 Å². The molecule has 0 radical (unpaired) electrons. The fourth-order valence-corrected chi connectivity index (χ4v) is 2.92. The Morgan fingerprint density at radius 2 is 1.36 bits per heavy atom. The standard InChI is InChI=1S/C22H21Cl2NO3/c23-17-6-11-22(21(24)16-17)28-13-12-25-18-7-9-20(10-8-18)27-15-14-26-19-4-2-1-3-5-19/h1-11,16,25H,12-15H2. The van der Waals surface area contributed by atoms with Crippen LogP contribution in [0.3, 0.4) is 0 Å². The summed E-state index contributed by atoms with van der Waals surface area (Å²) < 4.78 is 16.9. The minimum absolute atomic E-state index is 0.483. The van der Waals surface area contributed by atoms with Crippen molar-refractivity contribution in [2.24, 2.45) is 0 Å². The van der Waals surface area contributed by atoms with Crippen molar-refractivity contribution in [1.29, 1.82) is 0 Å². The Bertz CT molecular complexity index is 857. The molecule has 146 valence electrons. The van der Waals surface area contributed by atoms with E-state index < -0.39 is 0 Å². The summed E-state index contributed by atoms with van der Waals surface area (Å²) in [5.41, 5.74) is 0.985. The van der Waals surface area contributed by atoms with Gasteiger partial charge in [-0.15, -0.1) is 0 Å². The summed E-state index contributed by atoms with van der Waals surface area (Å²) in [5.74, 6) is 2.26. The first-order valence-electron chi connectivity index (χ1n) is 8.93. The van der Waals surface area contributed by atoms with Gasteiger partial charge < -0.3 is 19.5 Å². The van der Waals surface area contributed by atoms with Crippen molar-refractivity contribution < 1.29 is 14.2 Å². The molecular formula is C22H21Cl2NO3. The Labute approximate surface area is 175 Å². The van der Waals surface area contributed by atoms with Crippen molar-refractivity contribution in [3.8, 4) is 17.2 Å². The van der Waals surface area contributed by atoms with Crippen molar-refractivity contribution >= 4 is 28.9 Å². The number of nitrogens with one attached hydrogen (secondary N) is 1. The minimum atomic E-state index is 0.483. The topological polar surface area (TPSA) is 39.7 Å². The molecule has 0 spiro atoms. The van der Waals surface area contributed by atoms with Crippen molar-refractivity contribution in [2.45, 2.75) is 0 Å². The fraction of sp³-hybridized carbons (Fsp3) is 0.182. The lowest BCUT2D eigenvalue weighted by Crippen LogP contribution is -2.11. The molecule has 3 aromatic carbocycles. The summed E-state index contributed by atoms with van der Waals surface area (Å²) in [6.45, 7) is 2.10. The van der Waals surface area contributed by atoms with Crippen LogP contribution in [0.5, 0.6) is 17.2 Å². The highest BCUT2D eigenvalue weighted by molar-refractivity contribution is 6.35. The van der Waals surface area contributed by atoms with Crippen molar-refractivity contribution in [3.63, 3.8) is 0 Å². The van der Waals surface area contributed by atoms with Gasteiger partial charge in [0.05, 0.1) is 5.02 Å². The molecule has 0 saturated heterocycles. The lowest BCUT2D eigenvalue weighted by Gasteiger charge is -2.11. The van der Waals surface area contributed by atoms with Gasteiger partial charge >= 0.3 is 0 Å². The molecular weight excluding hydrogens is 397 g/mol. The van der Waals surface area contributed by atoms with Crippen LogP contribution in [0.4, 0.5) is 5.69 Å². The molecule has 3 aromatic rings. The number of halogens is 2. The number of ether oxygens (including phenoxy) is 3. The number of para-hydroxylation sites is 1. The predicted octanol–water partition coefficient (Wildman–Crippen LogP) is 5.94. The largest absolute Gasteiger partial charge is 0.490 e. The predicted molar refractivity (Wildman–Crippen MR) is 114 cm³/mol. The van der Waals surface area contributed by atoms with Gasteiger partial charge in [0.1, 0.15) is 37.1 Å². The Balaban J connectivity index is 1.33. The van der Waals surface area contributed by atoms with Crippen LogP contribution in [-0.2, 0) is 0 Å². The molecule has 0 aliphatic carbocycles. The molecule has 0 bridgehead atoms. The highest BCUT2D eigenvalue weighted by Gasteiger charge is 2.02. The van der Waals surface area contributed by atoms with Crippen LogP contribution in [0.15, 0.2) is 72.8 Å². The van der Waals surface area contributed by atoms with Crippen LogP contribution in [-0.4, -0.2) is 26.4 Å². The van der Waals surface area contributed by atoms with Crippen LogP contribution in [0.25, 0.3) is 0 Å². The maximum Gasteiger partial charge on any atom is 0.138 e. The van der Waals surface area contributed by atoms with Crippen molar-refractivity contribution in [1.82, 2.24) is 0 Å². The number of hydrogen-bond acceptors (Lipinski definition) is 4. The molecule has 28 heavy (non-hydrogen) atoms. The van der Waals surface area contributed by atoms with Gasteiger partial charge in [0.2, 0.25) is 0 Å². The number of rotatable bonds is 10. The smallest absolute Gasteiger partial charge is 0.138 e. The first-order chi connectivity index (χ1) is 13.7. The molecule has 0 atom stereocenters. The van der Waals surface area contributed by atoms with Crippen LogP contribution in [0.2, 0.25) is 10.0 Å². The first kappa shape index (κ1) is 20.2. The van der Waals surface area contributed by atoms with Crippen LogP contribution < -0.4 is 19.5 Å². The molecule has 0 heterocycles. The van der Waals surface area contributed by atoms with Gasteiger partial charge in [0.25, 0.3) is 0 Å². The average molecular weight is 418 g/mol. The van der Waals surface area contributed by atoms with Crippen LogP contribution in [0.1, 0.15) is 0 Å². The number of anilines is 1. The summed E-state index contributed by atoms with van der Waals surface area (Å²) in [6.07, 6.45) is 0. The Morgan fingerprint density at radius 1 is 0.679 bits per heavy atom. The van der Waals surface area contributed by atoms with E-state index in [4.69, 9.17) is 37.4 Å². The summed E-state index contributed by atoms with van der Waals surface area (Å²) in [6, 6.07) is 22.6. The highest BCUT2D eigenvalue weighted by atomic mass is 35.5. The summed E-state index contributed by atoms with van der Waals surface area (Å²) in [5, 5.41) is 4.38. The van der Waals surface area contributed by atoms with Crippen LogP contribution >= 0.6 is 23.2 Å². The van der Waals surface area contributed by atoms with Gasteiger partial charge in [0.15, 0.2) is 0 Å². The maximum atomic E-state index is 6.08. The molecule has 3 rings (SSSR count). The molecule has 0 amide bonds. The quantitative estimate of drug-likeness (QED) is 0.414. The van der Waals surface area contributed by atoms with E-state index in [-0.39, 0.29) is 0 Å². The lowest BCUT2D eigenvalue weighted by molar-refractivity contribution is 0.217. The Hall–Kier alpha value is -2.56. The number of benzene rings is 3. The van der Waals surface area contributed by atoms with E-state index in [1.54, 1.807) is 18.2 Å². The molecule has 0 aliphatic heterocycles. The third-order valence-corrected chi connectivity index (χ3v) is 4.33. The van der Waals surface area contributed by atoms with Gasteiger partial charge in [-0.1, -0.05) is 41.4 Å². The second kappa shape index (κ2) is 10.7. The zero-order chi connectivity index (χ0) is 19.6. The molecule has 0 unspecified atom stereocenters. The van der Waals surface area contributed by atoms with E-state index in [2.05, 4.69) is 5.32 Å². The third-order valence-electron chi connectivity index (χ3n) is 3.80. The molecule has 1 N–H and O–H groups in total. The molecule has 0 aromatic heterocycles. The Morgan fingerprint density at radius 3 is 2.04 bits per heavy atom. The van der Waals surface area contributed by atoms with E-state index in [1.165, 1.54) is 0 Å². The third kappa shape index (κ3) is 6.55. The normalized spacial score (nSPS) is 10.4. The van der Waals surface area contributed by atoms with Gasteiger partial charge in [-0.05, 0) is 54.6 Å². The summed E-state index contributed by atoms with van der Waals surface area (Å²) in [4.78, 5) is 0. The van der Waals surface area contributed by atoms with E-state index in [9.17, 15) is 0 Å². The second-order valence-corrected chi connectivity index (χ2v) is 6.73. The molecule has 4 nitrogen and oxygen atoms in total. The van der Waals surface area contributed by atoms with Gasteiger partial charge in [-0.2, -0.15) is 0 Å². The molecule has 0 aliphatic rings. The van der Waals surface area contributed by atoms with Gasteiger partial charge in [0, 0.05) is 17.3 Å². The SMILES string of the molecule is Clc1ccc(OCCNc2ccc(OCCOc3ccccc3)cc2)c(Cl)c1. The summed E-state index contributed by atoms with van der Waals surface area (Å²) >= 11 is 11.9. The monoisotopic (exact) mass is 417 g/mol.